The number of fused-ring (bicyclic) bond motifs is 2. The fraction of sp³-hybridized carbons (Fsp3) is 0.400. The van der Waals surface area contributed by atoms with E-state index in [2.05, 4.69) is 20.3 Å². The molecule has 12 nitrogen and oxygen atoms in total. The quantitative estimate of drug-likeness (QED) is 0.186. The molecule has 0 aliphatic carbocycles. The van der Waals surface area contributed by atoms with E-state index in [-0.39, 0.29) is 46.0 Å². The van der Waals surface area contributed by atoms with E-state index in [1.165, 1.54) is 17.8 Å². The van der Waals surface area contributed by atoms with E-state index in [4.69, 9.17) is 21.8 Å². The van der Waals surface area contributed by atoms with Crippen molar-refractivity contribution in [2.45, 2.75) is 58.6 Å². The standard InChI is InChI=1S/C15H14ClN3O4S3.C10H16N2O3S/c16-11-6-12-14(7-13(11)25(17,20)21)26(22,23)19-15(18-12)9-24-8-10-4-2-1-3-5-10;13-8(14)4-2-1-3-7-9-6(5-16-7)11-10(15)12-9/h1-7H,8-9H2,(H,18,19)(H2,17,20,21);6-7,9H,1-5H2,(H,13,14)(H2,11,12,15)/t;6-,7-,9-/m.0/s1. The summed E-state index contributed by atoms with van der Waals surface area (Å²) in [7, 11) is -8.11. The van der Waals surface area contributed by atoms with E-state index in [1.54, 1.807) is 0 Å². The lowest BCUT2D eigenvalue weighted by molar-refractivity contribution is -0.137. The molecule has 5 rings (SSSR count). The predicted molar refractivity (Wildman–Crippen MR) is 164 cm³/mol. The summed E-state index contributed by atoms with van der Waals surface area (Å²) in [5, 5.41) is 19.7. The summed E-state index contributed by atoms with van der Waals surface area (Å²) in [4.78, 5) is 25.0. The highest BCUT2D eigenvalue weighted by atomic mass is 35.5. The van der Waals surface area contributed by atoms with Crippen LogP contribution in [0.2, 0.25) is 5.02 Å². The maximum Gasteiger partial charge on any atom is 0.315 e. The van der Waals surface area contributed by atoms with Crippen LogP contribution >= 0.6 is 35.1 Å². The number of carbonyl (C=O) groups excluding carboxylic acids is 1. The van der Waals surface area contributed by atoms with Crippen LogP contribution in [0, 0.1) is 0 Å². The lowest BCUT2D eigenvalue weighted by Gasteiger charge is -2.19. The summed E-state index contributed by atoms with van der Waals surface area (Å²) in [5.41, 5.74) is 1.19. The van der Waals surface area contributed by atoms with Crippen LogP contribution in [0.1, 0.15) is 31.2 Å². The van der Waals surface area contributed by atoms with Gasteiger partial charge in [0, 0.05) is 23.2 Å². The maximum absolute atomic E-state index is 12.4. The molecule has 2 fully saturated rings. The van der Waals surface area contributed by atoms with Crippen molar-refractivity contribution in [3.63, 3.8) is 0 Å². The number of nitrogens with two attached hydrogens (primary N) is 1. The zero-order valence-electron chi connectivity index (χ0n) is 22.2. The van der Waals surface area contributed by atoms with Crippen molar-refractivity contribution in [2.75, 3.05) is 11.5 Å². The number of carboxylic acid groups (broad SMARTS) is 1. The lowest BCUT2D eigenvalue weighted by Crippen LogP contribution is -2.36. The molecule has 2 amide bonds. The van der Waals surface area contributed by atoms with Gasteiger partial charge in [-0.3, -0.25) is 9.52 Å². The fourth-order valence-electron chi connectivity index (χ4n) is 4.59. The Bertz CT molecular complexity index is 1570. The zero-order valence-corrected chi connectivity index (χ0v) is 26.2. The second kappa shape index (κ2) is 13.9. The minimum Gasteiger partial charge on any atom is -0.481 e. The SMILES string of the molecule is NS(=O)(=O)c1cc2c(cc1Cl)N=C(CSCc1ccccc1)NS2(=O)=O.O=C(O)CCCC[C@@H]1SC[C@@H]2NC(=O)N[C@@H]21. The monoisotopic (exact) mass is 675 g/mol. The largest absolute Gasteiger partial charge is 0.481 e. The summed E-state index contributed by atoms with van der Waals surface area (Å²) in [5.74, 6) is 1.51. The van der Waals surface area contributed by atoms with E-state index in [0.717, 1.165) is 36.6 Å². The fourth-order valence-corrected chi connectivity index (χ4v) is 9.44. The molecule has 3 aliphatic heterocycles. The number of primary sulfonamides is 1. The van der Waals surface area contributed by atoms with Gasteiger partial charge in [-0.1, -0.05) is 48.4 Å². The van der Waals surface area contributed by atoms with Crippen molar-refractivity contribution in [1.29, 1.82) is 0 Å². The molecule has 2 aromatic rings. The molecule has 228 valence electrons. The van der Waals surface area contributed by atoms with Gasteiger partial charge in [-0.2, -0.15) is 11.8 Å². The molecule has 3 heterocycles. The number of amidine groups is 1. The third-order valence-corrected chi connectivity index (χ3v) is 11.8. The van der Waals surface area contributed by atoms with Crippen molar-refractivity contribution in [2.24, 2.45) is 10.1 Å². The number of aliphatic carboxylic acids is 1. The number of halogens is 1. The first-order chi connectivity index (χ1) is 19.8. The Balaban J connectivity index is 0.000000216. The van der Waals surface area contributed by atoms with Crippen LogP contribution in [0.4, 0.5) is 10.5 Å². The number of nitrogens with zero attached hydrogens (tertiary/aromatic N) is 1. The smallest absolute Gasteiger partial charge is 0.315 e. The Kier molecular flexibility index (Phi) is 10.7. The molecule has 2 saturated heterocycles. The number of nitrogens with one attached hydrogen (secondary N) is 3. The van der Waals surface area contributed by atoms with Crippen LogP contribution < -0.4 is 20.5 Å². The molecule has 0 unspecified atom stereocenters. The van der Waals surface area contributed by atoms with Gasteiger partial charge in [0.2, 0.25) is 10.0 Å². The highest BCUT2D eigenvalue weighted by Gasteiger charge is 2.42. The summed E-state index contributed by atoms with van der Waals surface area (Å²) >= 11 is 9.29. The number of carbonyl (C=O) groups is 2. The molecule has 2 aromatic carbocycles. The van der Waals surface area contributed by atoms with Crippen molar-refractivity contribution in [3.05, 3.63) is 53.1 Å². The van der Waals surface area contributed by atoms with Crippen LogP contribution in [0.25, 0.3) is 0 Å². The number of rotatable bonds is 10. The molecule has 0 bridgehead atoms. The van der Waals surface area contributed by atoms with Crippen molar-refractivity contribution in [3.8, 4) is 0 Å². The summed E-state index contributed by atoms with van der Waals surface area (Å²) in [6.45, 7) is 0. The van der Waals surface area contributed by atoms with Gasteiger partial charge in [-0.15, -0.1) is 11.8 Å². The summed E-state index contributed by atoms with van der Waals surface area (Å²) < 4.78 is 50.3. The molecule has 17 heteroatoms. The number of thioether (sulfide) groups is 2. The van der Waals surface area contributed by atoms with Crippen LogP contribution in [0.3, 0.4) is 0 Å². The van der Waals surface area contributed by atoms with E-state index >= 15 is 0 Å². The number of hydrogen-bond acceptors (Lipinski definition) is 9. The number of hydrogen-bond donors (Lipinski definition) is 5. The number of carboxylic acids is 1. The molecular weight excluding hydrogens is 646 g/mol. The third-order valence-electron chi connectivity index (χ3n) is 6.53. The molecule has 0 spiro atoms. The highest BCUT2D eigenvalue weighted by Crippen LogP contribution is 2.35. The predicted octanol–water partition coefficient (Wildman–Crippen LogP) is 3.04. The number of amides is 2. The number of unbranched alkanes of at least 4 members (excludes halogenated alkanes) is 1. The molecule has 42 heavy (non-hydrogen) atoms. The van der Waals surface area contributed by atoms with E-state index in [9.17, 15) is 26.4 Å². The summed E-state index contributed by atoms with van der Waals surface area (Å²) in [6, 6.07) is 12.3. The van der Waals surface area contributed by atoms with Gasteiger partial charge < -0.3 is 15.7 Å². The third kappa shape index (κ3) is 8.54. The normalized spacial score (nSPS) is 21.9. The second-order valence-corrected chi connectivity index (χ2v) is 15.5. The minimum absolute atomic E-state index is 0.0640. The minimum atomic E-state index is -4.15. The second-order valence-electron chi connectivity index (χ2n) is 9.70. The molecule has 3 aliphatic rings. The molecule has 0 radical (unpaired) electrons. The number of aliphatic imine (C=N–C) groups is 1. The van der Waals surface area contributed by atoms with Gasteiger partial charge >= 0.3 is 12.0 Å². The average molecular weight is 676 g/mol. The first kappa shape index (κ1) is 32.4. The van der Waals surface area contributed by atoms with Crippen molar-refractivity contribution in [1.82, 2.24) is 15.4 Å². The van der Waals surface area contributed by atoms with E-state index < -0.39 is 30.9 Å². The zero-order chi connectivity index (χ0) is 30.5. The topological polar surface area (TPSA) is 197 Å². The Hall–Kier alpha value is -2.50. The van der Waals surface area contributed by atoms with Crippen molar-refractivity contribution >= 4 is 78.7 Å². The maximum atomic E-state index is 12.4. The first-order valence-corrected chi connectivity index (χ1v) is 18.4. The number of urea groups is 1. The Morgan fingerprint density at radius 3 is 2.60 bits per heavy atom. The van der Waals surface area contributed by atoms with Gasteiger partial charge in [-0.05, 0) is 30.5 Å². The Morgan fingerprint density at radius 1 is 1.17 bits per heavy atom. The number of benzene rings is 2. The van der Waals surface area contributed by atoms with E-state index in [1.807, 2.05) is 42.1 Å². The summed E-state index contributed by atoms with van der Waals surface area (Å²) in [6.07, 6.45) is 2.88. The van der Waals surface area contributed by atoms with Crippen LogP contribution in [0.15, 0.2) is 57.2 Å². The number of sulfonamides is 2. The molecule has 0 aromatic heterocycles. The first-order valence-electron chi connectivity index (χ1n) is 12.8. The van der Waals surface area contributed by atoms with E-state index in [0.29, 0.717) is 16.8 Å². The van der Waals surface area contributed by atoms with Gasteiger partial charge in [-0.25, -0.2) is 31.8 Å². The van der Waals surface area contributed by atoms with Gasteiger partial charge in [0.15, 0.2) is 0 Å². The van der Waals surface area contributed by atoms with Crippen molar-refractivity contribution < 1.29 is 31.5 Å². The molecule has 6 N–H and O–H groups in total. The van der Waals surface area contributed by atoms with Gasteiger partial charge in [0.05, 0.1) is 28.5 Å². The van der Waals surface area contributed by atoms with Gasteiger partial charge in [0.25, 0.3) is 10.0 Å². The molecular formula is C25H30ClN5O7S4. The Morgan fingerprint density at radius 2 is 1.90 bits per heavy atom. The molecule has 0 saturated carbocycles. The average Bonchev–Trinajstić information content (AvgIpc) is 3.45. The highest BCUT2D eigenvalue weighted by molar-refractivity contribution is 8.00. The van der Waals surface area contributed by atoms with Gasteiger partial charge in [0.1, 0.15) is 15.6 Å². The van der Waals surface area contributed by atoms with Crippen LogP contribution in [-0.4, -0.2) is 68.6 Å². The van der Waals surface area contributed by atoms with Crippen LogP contribution in [0.5, 0.6) is 0 Å². The Labute approximate surface area is 257 Å². The van der Waals surface area contributed by atoms with Crippen LogP contribution in [-0.2, 0) is 30.6 Å². The molecule has 3 atom stereocenters. The lowest BCUT2D eigenvalue weighted by atomic mass is 10.0.